The molecule has 0 aromatic heterocycles. The van der Waals surface area contributed by atoms with Crippen molar-refractivity contribution < 1.29 is 42.1 Å². The van der Waals surface area contributed by atoms with Crippen LogP contribution in [-0.2, 0) is 37.0 Å². The summed E-state index contributed by atoms with van der Waals surface area (Å²) in [7, 11) is -7.80. The average molecular weight is 1010 g/mol. The number of methoxy groups -OCH3 is 1. The van der Waals surface area contributed by atoms with Gasteiger partial charge in [0.1, 0.15) is 25.6 Å². The first-order valence-electron chi connectivity index (χ1n) is 25.3. The molecule has 1 aliphatic heterocycles. The highest BCUT2D eigenvalue weighted by Crippen LogP contribution is 2.56. The van der Waals surface area contributed by atoms with Crippen LogP contribution in [0.15, 0.2) is 133 Å². The first-order chi connectivity index (χ1) is 33.6. The lowest BCUT2D eigenvalue weighted by atomic mass is 9.90. The molecule has 71 heavy (non-hydrogen) atoms. The molecule has 3 aliphatic rings. The van der Waals surface area contributed by atoms with Crippen LogP contribution >= 0.6 is 0 Å². The van der Waals surface area contributed by atoms with Gasteiger partial charge < -0.3 is 37.3 Å². The Morgan fingerprint density at radius 3 is 1.55 bits per heavy atom. The minimum Gasteiger partial charge on any atom is -0.462 e. The summed E-state index contributed by atoms with van der Waals surface area (Å²) in [5.41, 5.74) is -3.19. The van der Waals surface area contributed by atoms with E-state index < -0.39 is 83.1 Å². The zero-order valence-corrected chi connectivity index (χ0v) is 47.3. The van der Waals surface area contributed by atoms with Gasteiger partial charge in [0.15, 0.2) is 31.7 Å². The number of carbonyl (C=O) groups excluding carboxylic acids is 1. The van der Waals surface area contributed by atoms with Gasteiger partial charge >= 0.3 is 5.97 Å². The first-order valence-corrected chi connectivity index (χ1v) is 31.7. The van der Waals surface area contributed by atoms with Gasteiger partial charge in [0.05, 0.1) is 11.5 Å². The Morgan fingerprint density at radius 2 is 1.14 bits per heavy atom. The van der Waals surface area contributed by atoms with Crippen LogP contribution in [0.25, 0.3) is 0 Å². The number of aliphatic hydroxyl groups excluding tert-OH is 1. The molecule has 1 fully saturated rings. The van der Waals surface area contributed by atoms with Crippen LogP contribution in [0.1, 0.15) is 83.1 Å². The number of epoxide rings is 1. The molecule has 378 valence electrons. The maximum absolute atomic E-state index is 13.5. The van der Waals surface area contributed by atoms with Gasteiger partial charge in [-0.15, -0.1) is 0 Å². The summed E-state index contributed by atoms with van der Waals surface area (Å²) in [4.78, 5) is 13.5. The molecule has 0 radical (unpaired) electrons. The molecule has 7 atom stereocenters. The summed E-state index contributed by atoms with van der Waals surface area (Å²) in [6.07, 6.45) is -2.73. The van der Waals surface area contributed by atoms with Gasteiger partial charge in [-0.3, -0.25) is 4.79 Å². The lowest BCUT2D eigenvalue weighted by molar-refractivity contribution is -0.183. The second kappa shape index (κ2) is 21.2. The summed E-state index contributed by atoms with van der Waals surface area (Å²) in [5, 5.41) is 16.4. The van der Waals surface area contributed by atoms with Gasteiger partial charge in [0.2, 0.25) is 0 Å². The van der Waals surface area contributed by atoms with Crippen LogP contribution in [0.4, 0.5) is 0 Å². The molecule has 0 bridgehead atoms. The summed E-state index contributed by atoms with van der Waals surface area (Å²) >= 11 is 0. The van der Waals surface area contributed by atoms with E-state index >= 15 is 0 Å². The lowest BCUT2D eigenvalue weighted by Gasteiger charge is -2.48. The van der Waals surface area contributed by atoms with Crippen LogP contribution in [0, 0.1) is 29.1 Å². The molecule has 1 spiro atoms. The van der Waals surface area contributed by atoms with Crippen molar-refractivity contribution in [1.29, 1.82) is 0 Å². The molecule has 7 rings (SSSR count). The van der Waals surface area contributed by atoms with E-state index in [2.05, 4.69) is 189 Å². The number of esters is 1. The van der Waals surface area contributed by atoms with Gasteiger partial charge in [-0.05, 0) is 75.8 Å². The molecular formula is C59H76O9Si3. The molecule has 0 saturated carbocycles. The van der Waals surface area contributed by atoms with Crippen molar-refractivity contribution in [2.45, 2.75) is 153 Å². The fourth-order valence-electron chi connectivity index (χ4n) is 10.7. The van der Waals surface area contributed by atoms with Crippen molar-refractivity contribution in [3.05, 3.63) is 133 Å². The van der Waals surface area contributed by atoms with E-state index in [1.165, 1.54) is 7.11 Å². The van der Waals surface area contributed by atoms with Crippen molar-refractivity contribution >= 4 is 51.7 Å². The fraction of sp³-hybridized carbons (Fsp3) is 0.475. The minimum atomic E-state index is -3.36. The Morgan fingerprint density at radius 1 is 0.690 bits per heavy atom. The van der Waals surface area contributed by atoms with Crippen molar-refractivity contribution in [3.8, 4) is 23.7 Å². The quantitative estimate of drug-likeness (QED) is 0.0325. The average Bonchev–Trinajstić information content (AvgIpc) is 4.00. The third kappa shape index (κ3) is 10.2. The number of hydrogen-bond donors (Lipinski definition) is 1. The number of hydrogen-bond acceptors (Lipinski definition) is 9. The highest BCUT2D eigenvalue weighted by molar-refractivity contribution is 7.00. The van der Waals surface area contributed by atoms with Crippen molar-refractivity contribution in [2.24, 2.45) is 5.41 Å². The molecule has 4 aromatic rings. The van der Waals surface area contributed by atoms with Crippen LogP contribution in [-0.4, -0.2) is 98.3 Å². The zero-order valence-electron chi connectivity index (χ0n) is 44.3. The summed E-state index contributed by atoms with van der Waals surface area (Å²) in [6.45, 7) is 24.9. The largest absolute Gasteiger partial charge is 0.462 e. The Kier molecular flexibility index (Phi) is 16.2. The van der Waals surface area contributed by atoms with Gasteiger partial charge in [-0.25, -0.2) is 0 Å². The van der Waals surface area contributed by atoms with E-state index in [4.69, 9.17) is 32.2 Å². The Hall–Kier alpha value is -4.42. The summed E-state index contributed by atoms with van der Waals surface area (Å²) < 4.78 is 48.9. The van der Waals surface area contributed by atoms with Crippen molar-refractivity contribution in [1.82, 2.24) is 0 Å². The predicted molar refractivity (Wildman–Crippen MR) is 290 cm³/mol. The predicted octanol–water partition coefficient (Wildman–Crippen LogP) is 8.67. The number of aliphatic hydroxyl groups is 1. The van der Waals surface area contributed by atoms with Crippen LogP contribution in [0.2, 0.25) is 28.2 Å². The van der Waals surface area contributed by atoms with E-state index in [0.29, 0.717) is 5.57 Å². The normalized spacial score (nSPS) is 23.8. The first kappa shape index (κ1) is 54.4. The molecule has 0 amide bonds. The number of rotatable bonds is 19. The Labute approximate surface area is 427 Å². The van der Waals surface area contributed by atoms with E-state index in [-0.39, 0.29) is 18.4 Å². The van der Waals surface area contributed by atoms with Gasteiger partial charge in [0, 0.05) is 12.7 Å². The minimum absolute atomic E-state index is 0.176. The zero-order chi connectivity index (χ0) is 51.5. The Balaban J connectivity index is 1.54. The van der Waals surface area contributed by atoms with E-state index in [1.807, 2.05) is 24.3 Å². The molecule has 1 heterocycles. The molecule has 9 nitrogen and oxygen atoms in total. The monoisotopic (exact) mass is 1010 g/mol. The molecule has 12 heteroatoms. The van der Waals surface area contributed by atoms with Crippen molar-refractivity contribution in [3.63, 3.8) is 0 Å². The molecule has 1 saturated heterocycles. The van der Waals surface area contributed by atoms with Crippen molar-refractivity contribution in [2.75, 3.05) is 20.5 Å². The van der Waals surface area contributed by atoms with Gasteiger partial charge in [-0.1, -0.05) is 207 Å². The van der Waals surface area contributed by atoms with Gasteiger partial charge in [-0.2, -0.15) is 0 Å². The molecule has 4 aromatic carbocycles. The molecular weight excluding hydrogens is 937 g/mol. The summed E-state index contributed by atoms with van der Waals surface area (Å²) in [6, 6.07) is 44.7. The van der Waals surface area contributed by atoms with Crippen LogP contribution in [0.5, 0.6) is 0 Å². The second-order valence-corrected chi connectivity index (χ2v) is 35.5. The topological polar surface area (TPSA) is 105 Å². The standard InChI is InChI=1S/C59H76O9Si3/c1-14-69(15-2,16-3)68-58(52(64-43-62-13)42-63-54(61)55(4,5)6)40-39-44-41-49(66-70(56(7,8)9,45-29-21-17-22-30-45)46-31-23-18-24-32-46)53(59(44)51(65-59)38-37-50(58)60)67-71(57(10,11)12,47-33-25-19-26-34-47)48-35-27-20-28-36-48/h17-36,41,49-53,60H,14-16,42-43H2,1-13H3/t49-,50+,51-,52+,53+,58+,59+/m0/s1. The lowest BCUT2D eigenvalue weighted by Crippen LogP contribution is -2.71. The second-order valence-electron chi connectivity index (χ2n) is 22.3. The third-order valence-electron chi connectivity index (χ3n) is 14.9. The van der Waals surface area contributed by atoms with Crippen LogP contribution in [0.3, 0.4) is 0 Å². The highest BCUT2D eigenvalue weighted by atomic mass is 28.4. The highest BCUT2D eigenvalue weighted by Gasteiger charge is 2.72. The number of carbonyl (C=O) groups is 1. The van der Waals surface area contributed by atoms with Crippen LogP contribution < -0.4 is 20.7 Å². The Bertz CT molecular complexity index is 2510. The maximum atomic E-state index is 13.5. The SMILES string of the molecule is CC[Si](CC)(CC)O[C@]1([C@@H](COC(=O)C(C)(C)C)OCOC)C#CC2=C[C@H](O[Si](c3ccccc3)(c3ccccc3)C(C)(C)C)[C@@H](O[Si](c3ccccc3)(c3ccccc3)C(C)(C)C)[C@@]23O[C@H]3C#C[C@H]1O. The smallest absolute Gasteiger partial charge is 0.311 e. The summed E-state index contributed by atoms with van der Waals surface area (Å²) in [5.74, 6) is 13.3. The van der Waals surface area contributed by atoms with Gasteiger partial charge in [0.25, 0.3) is 16.6 Å². The molecule has 0 unspecified atom stereocenters. The van der Waals surface area contributed by atoms with E-state index in [1.54, 1.807) is 20.8 Å². The maximum Gasteiger partial charge on any atom is 0.311 e. The number of benzene rings is 4. The number of ether oxygens (including phenoxy) is 4. The van der Waals surface area contributed by atoms with E-state index in [9.17, 15) is 9.90 Å². The molecule has 2 aliphatic carbocycles. The fourth-order valence-corrected chi connectivity index (χ4v) is 23.0. The third-order valence-corrected chi connectivity index (χ3v) is 29.6. The molecule has 1 N–H and O–H groups in total. The van der Waals surface area contributed by atoms with E-state index in [0.717, 1.165) is 38.9 Å².